The number of carbonyl (C=O) groups excluding carboxylic acids is 1. The van der Waals surface area contributed by atoms with Crippen LogP contribution in [-0.4, -0.2) is 37.1 Å². The van der Waals surface area contributed by atoms with Crippen molar-refractivity contribution in [3.63, 3.8) is 0 Å². The molecule has 0 saturated carbocycles. The van der Waals surface area contributed by atoms with Gasteiger partial charge in [-0.2, -0.15) is 0 Å². The average molecular weight is 315 g/mol. The Labute approximate surface area is 140 Å². The van der Waals surface area contributed by atoms with Crippen LogP contribution in [0.25, 0.3) is 6.08 Å². The Morgan fingerprint density at radius 1 is 1.26 bits per heavy atom. The smallest absolute Gasteiger partial charge is 0.330 e. The third kappa shape index (κ3) is 4.93. The van der Waals surface area contributed by atoms with Crippen molar-refractivity contribution in [2.75, 3.05) is 20.2 Å². The lowest BCUT2D eigenvalue weighted by molar-refractivity contribution is -0.134. The van der Waals surface area contributed by atoms with Gasteiger partial charge in [0.15, 0.2) is 0 Å². The van der Waals surface area contributed by atoms with Gasteiger partial charge in [-0.3, -0.25) is 0 Å². The molecule has 0 heterocycles. The zero-order valence-corrected chi connectivity index (χ0v) is 14.7. The predicted octanol–water partition coefficient (Wildman–Crippen LogP) is 3.85. The summed E-state index contributed by atoms with van der Waals surface area (Å²) in [4.78, 5) is 13.9. The molecule has 0 spiro atoms. The van der Waals surface area contributed by atoms with Gasteiger partial charge in [-0.15, -0.1) is 0 Å². The molecule has 1 atom stereocenters. The molecule has 1 unspecified atom stereocenters. The highest BCUT2D eigenvalue weighted by Crippen LogP contribution is 2.26. The monoisotopic (exact) mass is 315 g/mol. The molecular formula is C20H29NO2. The number of aryl methyl sites for hydroxylation is 1. The van der Waals surface area contributed by atoms with E-state index in [9.17, 15) is 4.79 Å². The molecule has 1 aliphatic rings. The first-order chi connectivity index (χ1) is 11.2. The van der Waals surface area contributed by atoms with Crippen LogP contribution >= 0.6 is 0 Å². The zero-order valence-electron chi connectivity index (χ0n) is 14.7. The topological polar surface area (TPSA) is 29.5 Å². The third-order valence-electron chi connectivity index (χ3n) is 4.58. The number of benzene rings is 1. The first-order valence-electron chi connectivity index (χ1n) is 8.79. The van der Waals surface area contributed by atoms with Crippen LogP contribution < -0.4 is 0 Å². The van der Waals surface area contributed by atoms with Gasteiger partial charge >= 0.3 is 5.97 Å². The van der Waals surface area contributed by atoms with Crippen LogP contribution in [0.4, 0.5) is 0 Å². The summed E-state index contributed by atoms with van der Waals surface area (Å²) < 4.78 is 4.64. The fourth-order valence-corrected chi connectivity index (χ4v) is 3.45. The zero-order chi connectivity index (χ0) is 16.7. The second kappa shape index (κ2) is 8.88. The van der Waals surface area contributed by atoms with E-state index in [0.29, 0.717) is 6.04 Å². The van der Waals surface area contributed by atoms with Gasteiger partial charge in [-0.25, -0.2) is 4.79 Å². The number of nitrogens with zero attached hydrogens (tertiary/aromatic N) is 1. The van der Waals surface area contributed by atoms with Gasteiger partial charge in [0, 0.05) is 12.1 Å². The first-order valence-corrected chi connectivity index (χ1v) is 8.79. The number of fused-ring (bicyclic) bond motifs is 1. The van der Waals surface area contributed by atoms with Gasteiger partial charge in [-0.05, 0) is 68.0 Å². The highest BCUT2D eigenvalue weighted by atomic mass is 16.5. The van der Waals surface area contributed by atoms with Gasteiger partial charge in [0.25, 0.3) is 0 Å². The molecule has 0 fully saturated rings. The molecule has 0 bridgehead atoms. The molecule has 0 amide bonds. The normalized spacial score (nSPS) is 17.5. The standard InChI is InChI=1S/C20H29NO2/c1-4-12-21(13-5-2)19-10-9-17-14-16(6-8-18(17)15-19)7-11-20(22)23-3/h6-8,11,14,19H,4-5,9-10,12-13,15H2,1-3H3. The first kappa shape index (κ1) is 17.7. The van der Waals surface area contributed by atoms with Crippen molar-refractivity contribution in [3.8, 4) is 0 Å². The molecule has 1 aromatic rings. The molecular weight excluding hydrogens is 286 g/mol. The van der Waals surface area contributed by atoms with Crippen LogP contribution in [0.5, 0.6) is 0 Å². The van der Waals surface area contributed by atoms with Crippen molar-refractivity contribution in [2.24, 2.45) is 0 Å². The molecule has 1 aliphatic carbocycles. The van der Waals surface area contributed by atoms with Crippen molar-refractivity contribution >= 4 is 12.0 Å². The molecule has 0 aliphatic heterocycles. The molecule has 2 rings (SSSR count). The Hall–Kier alpha value is -1.61. The summed E-state index contributed by atoms with van der Waals surface area (Å²) in [5, 5.41) is 0. The molecule has 3 nitrogen and oxygen atoms in total. The highest BCUT2D eigenvalue weighted by molar-refractivity contribution is 5.86. The maximum Gasteiger partial charge on any atom is 0.330 e. The number of hydrogen-bond donors (Lipinski definition) is 0. The number of methoxy groups -OCH3 is 1. The van der Waals surface area contributed by atoms with Crippen molar-refractivity contribution in [3.05, 3.63) is 41.0 Å². The van der Waals surface area contributed by atoms with Crippen molar-refractivity contribution in [1.82, 2.24) is 4.90 Å². The van der Waals surface area contributed by atoms with Crippen LogP contribution in [-0.2, 0) is 22.4 Å². The van der Waals surface area contributed by atoms with Crippen LogP contribution in [0.2, 0.25) is 0 Å². The van der Waals surface area contributed by atoms with Crippen molar-refractivity contribution < 1.29 is 9.53 Å². The lowest BCUT2D eigenvalue weighted by Gasteiger charge is -2.35. The van der Waals surface area contributed by atoms with Crippen molar-refractivity contribution in [2.45, 2.75) is 52.0 Å². The van der Waals surface area contributed by atoms with E-state index in [-0.39, 0.29) is 5.97 Å². The van der Waals surface area contributed by atoms with E-state index in [4.69, 9.17) is 0 Å². The molecule has 3 heteroatoms. The summed E-state index contributed by atoms with van der Waals surface area (Å²) in [6.45, 7) is 6.93. The summed E-state index contributed by atoms with van der Waals surface area (Å²) in [7, 11) is 1.40. The minimum atomic E-state index is -0.308. The maximum absolute atomic E-state index is 11.2. The quantitative estimate of drug-likeness (QED) is 0.565. The lowest BCUT2D eigenvalue weighted by Crippen LogP contribution is -2.40. The second-order valence-electron chi connectivity index (χ2n) is 6.32. The maximum atomic E-state index is 11.2. The number of esters is 1. The number of rotatable bonds is 7. The number of hydrogen-bond acceptors (Lipinski definition) is 3. The van der Waals surface area contributed by atoms with E-state index in [1.54, 1.807) is 0 Å². The molecule has 0 N–H and O–H groups in total. The van der Waals surface area contributed by atoms with E-state index in [2.05, 4.69) is 41.7 Å². The predicted molar refractivity (Wildman–Crippen MR) is 95.5 cm³/mol. The van der Waals surface area contributed by atoms with Gasteiger partial charge in [-0.1, -0.05) is 32.0 Å². The summed E-state index contributed by atoms with van der Waals surface area (Å²) >= 11 is 0. The van der Waals surface area contributed by atoms with E-state index in [0.717, 1.165) is 18.4 Å². The van der Waals surface area contributed by atoms with Crippen LogP contribution in [0.15, 0.2) is 24.3 Å². The Morgan fingerprint density at radius 3 is 2.65 bits per heavy atom. The molecule has 23 heavy (non-hydrogen) atoms. The Balaban J connectivity index is 2.07. The van der Waals surface area contributed by atoms with Crippen LogP contribution in [0.3, 0.4) is 0 Å². The fourth-order valence-electron chi connectivity index (χ4n) is 3.45. The molecule has 0 radical (unpaired) electrons. The van der Waals surface area contributed by atoms with Crippen molar-refractivity contribution in [1.29, 1.82) is 0 Å². The van der Waals surface area contributed by atoms with E-state index < -0.39 is 0 Å². The SMILES string of the molecule is CCCN(CCC)C1CCc2cc(C=CC(=O)OC)ccc2C1. The Kier molecular flexibility index (Phi) is 6.85. The average Bonchev–Trinajstić information content (AvgIpc) is 2.58. The minimum Gasteiger partial charge on any atom is -0.466 e. The number of carbonyl (C=O) groups is 1. The van der Waals surface area contributed by atoms with Gasteiger partial charge in [0.2, 0.25) is 0 Å². The number of ether oxygens (including phenoxy) is 1. The molecule has 0 aromatic heterocycles. The Morgan fingerprint density at radius 2 is 2.00 bits per heavy atom. The molecule has 1 aromatic carbocycles. The van der Waals surface area contributed by atoms with E-state index >= 15 is 0 Å². The third-order valence-corrected chi connectivity index (χ3v) is 4.58. The Bertz CT molecular complexity index is 545. The molecule has 126 valence electrons. The van der Waals surface area contributed by atoms with Crippen LogP contribution in [0, 0.1) is 0 Å². The summed E-state index contributed by atoms with van der Waals surface area (Å²) in [5.74, 6) is -0.308. The second-order valence-corrected chi connectivity index (χ2v) is 6.32. The van der Waals surface area contributed by atoms with E-state index in [1.165, 1.54) is 56.7 Å². The van der Waals surface area contributed by atoms with E-state index in [1.807, 2.05) is 6.08 Å². The largest absolute Gasteiger partial charge is 0.466 e. The summed E-state index contributed by atoms with van der Waals surface area (Å²) in [6.07, 6.45) is 9.27. The van der Waals surface area contributed by atoms with Gasteiger partial charge in [0.1, 0.15) is 0 Å². The van der Waals surface area contributed by atoms with Gasteiger partial charge < -0.3 is 9.64 Å². The fraction of sp³-hybridized carbons (Fsp3) is 0.550. The lowest BCUT2D eigenvalue weighted by atomic mass is 9.86. The highest BCUT2D eigenvalue weighted by Gasteiger charge is 2.23. The molecule has 0 saturated heterocycles. The summed E-state index contributed by atoms with van der Waals surface area (Å²) in [5.41, 5.74) is 3.97. The minimum absolute atomic E-state index is 0.308. The summed E-state index contributed by atoms with van der Waals surface area (Å²) in [6, 6.07) is 7.23. The van der Waals surface area contributed by atoms with Crippen LogP contribution in [0.1, 0.15) is 49.8 Å². The van der Waals surface area contributed by atoms with Gasteiger partial charge in [0.05, 0.1) is 7.11 Å².